The van der Waals surface area contributed by atoms with Crippen molar-refractivity contribution in [1.82, 2.24) is 4.90 Å². The highest BCUT2D eigenvalue weighted by Crippen LogP contribution is 2.48. The first-order valence-electron chi connectivity index (χ1n) is 9.65. The van der Waals surface area contributed by atoms with Gasteiger partial charge in [-0.2, -0.15) is 8.42 Å². The van der Waals surface area contributed by atoms with Crippen molar-refractivity contribution in [1.29, 1.82) is 0 Å². The Morgan fingerprint density at radius 1 is 1.13 bits per heavy atom. The van der Waals surface area contributed by atoms with Gasteiger partial charge in [-0.25, -0.2) is 8.78 Å². The lowest BCUT2D eigenvalue weighted by atomic mass is 10.1. The van der Waals surface area contributed by atoms with Crippen molar-refractivity contribution in [2.24, 2.45) is 10.3 Å². The monoisotopic (exact) mass is 433 g/mol. The number of carbonyl (C=O) groups excluding carboxylic acids is 1. The number of amidine groups is 1. The number of halogens is 2. The van der Waals surface area contributed by atoms with Crippen molar-refractivity contribution in [3.8, 4) is 0 Å². The fourth-order valence-electron chi connectivity index (χ4n) is 3.64. The van der Waals surface area contributed by atoms with Crippen LogP contribution < -0.4 is 5.32 Å². The summed E-state index contributed by atoms with van der Waals surface area (Å²) in [4.78, 5) is 14.3. The Bertz CT molecular complexity index is 1120. The summed E-state index contributed by atoms with van der Waals surface area (Å²) >= 11 is 0. The Morgan fingerprint density at radius 2 is 1.87 bits per heavy atom. The molecule has 6 nitrogen and oxygen atoms in total. The lowest BCUT2D eigenvalue weighted by Crippen LogP contribution is -2.20. The number of amides is 1. The summed E-state index contributed by atoms with van der Waals surface area (Å²) in [6.45, 7) is 0.784. The molecule has 1 aliphatic heterocycles. The van der Waals surface area contributed by atoms with E-state index in [1.807, 2.05) is 11.9 Å². The molecular weight excluding hydrogens is 412 g/mol. The van der Waals surface area contributed by atoms with Crippen molar-refractivity contribution in [3.05, 3.63) is 59.7 Å². The van der Waals surface area contributed by atoms with Crippen LogP contribution in [0.5, 0.6) is 0 Å². The van der Waals surface area contributed by atoms with Crippen molar-refractivity contribution >= 4 is 27.5 Å². The van der Waals surface area contributed by atoms with E-state index in [0.29, 0.717) is 29.9 Å². The first-order valence-corrected chi connectivity index (χ1v) is 11.1. The third-order valence-electron chi connectivity index (χ3n) is 5.48. The first kappa shape index (κ1) is 20.5. The van der Waals surface area contributed by atoms with E-state index in [0.717, 1.165) is 25.1 Å². The highest BCUT2D eigenvalue weighted by Gasteiger charge is 2.44. The topological polar surface area (TPSA) is 78.8 Å². The number of carbonyl (C=O) groups is 1. The summed E-state index contributed by atoms with van der Waals surface area (Å²) in [7, 11) is -2.00. The molecule has 9 heteroatoms. The van der Waals surface area contributed by atoms with Gasteiger partial charge in [-0.05, 0) is 60.7 Å². The van der Waals surface area contributed by atoms with Crippen molar-refractivity contribution in [2.75, 3.05) is 18.9 Å². The van der Waals surface area contributed by atoms with Gasteiger partial charge in [0.1, 0.15) is 5.84 Å². The Balaban J connectivity index is 1.40. The Labute approximate surface area is 173 Å². The number of nitrogens with zero attached hydrogens (tertiary/aromatic N) is 2. The molecule has 1 aliphatic carbocycles. The van der Waals surface area contributed by atoms with E-state index in [1.165, 1.54) is 30.3 Å². The quantitative estimate of drug-likeness (QED) is 0.783. The molecule has 0 aromatic heterocycles. The Kier molecular flexibility index (Phi) is 5.31. The summed E-state index contributed by atoms with van der Waals surface area (Å²) in [5.74, 6) is -2.03. The molecule has 1 saturated carbocycles. The van der Waals surface area contributed by atoms with Crippen LogP contribution in [-0.2, 0) is 14.8 Å². The average molecular weight is 433 g/mol. The molecule has 1 heterocycles. The zero-order valence-electron chi connectivity index (χ0n) is 16.3. The van der Waals surface area contributed by atoms with Crippen LogP contribution in [0.15, 0.2) is 51.8 Å². The van der Waals surface area contributed by atoms with Crippen molar-refractivity contribution < 1.29 is 22.0 Å². The van der Waals surface area contributed by atoms with Gasteiger partial charge in [0.15, 0.2) is 11.6 Å². The van der Waals surface area contributed by atoms with Gasteiger partial charge in [0.25, 0.3) is 10.0 Å². The van der Waals surface area contributed by atoms with E-state index in [1.54, 1.807) is 0 Å². The summed E-state index contributed by atoms with van der Waals surface area (Å²) in [6.07, 6.45) is 2.06. The number of nitrogens with one attached hydrogen (secondary N) is 1. The van der Waals surface area contributed by atoms with Crippen molar-refractivity contribution in [2.45, 2.75) is 30.1 Å². The van der Waals surface area contributed by atoms with Gasteiger partial charge in [0.05, 0.1) is 4.90 Å². The highest BCUT2D eigenvalue weighted by molar-refractivity contribution is 7.90. The van der Waals surface area contributed by atoms with Crippen LogP contribution in [0.25, 0.3) is 0 Å². The molecule has 158 valence electrons. The number of hydrogen-bond donors (Lipinski definition) is 1. The smallest absolute Gasteiger partial charge is 0.283 e. The van der Waals surface area contributed by atoms with E-state index in [9.17, 15) is 22.0 Å². The summed E-state index contributed by atoms with van der Waals surface area (Å²) in [5.41, 5.74) is 1.05. The molecule has 0 radical (unpaired) electrons. The molecular formula is C21H21F2N3O3S. The van der Waals surface area contributed by atoms with E-state index >= 15 is 0 Å². The standard InChI is InChI=1S/C21H21F2N3O3S/c1-26-10-2-3-20(26)25-30(28,29)15-7-5-14(6-8-15)24-21(27)17-12-16(17)13-4-9-18(22)19(23)11-13/h4-9,11,16-17H,2-3,10,12H2,1H3,(H,24,27)/b25-20+. The molecule has 0 bridgehead atoms. The summed E-state index contributed by atoms with van der Waals surface area (Å²) in [5, 5.41) is 2.74. The third-order valence-corrected chi connectivity index (χ3v) is 6.80. The van der Waals surface area contributed by atoms with Crippen LogP contribution in [0.2, 0.25) is 0 Å². The van der Waals surface area contributed by atoms with Gasteiger partial charge >= 0.3 is 0 Å². The van der Waals surface area contributed by atoms with Gasteiger partial charge < -0.3 is 10.2 Å². The van der Waals surface area contributed by atoms with E-state index < -0.39 is 21.7 Å². The van der Waals surface area contributed by atoms with E-state index in [2.05, 4.69) is 9.71 Å². The maximum absolute atomic E-state index is 13.4. The maximum Gasteiger partial charge on any atom is 0.283 e. The van der Waals surface area contributed by atoms with Crippen LogP contribution in [-0.4, -0.2) is 38.7 Å². The van der Waals surface area contributed by atoms with Crippen molar-refractivity contribution in [3.63, 3.8) is 0 Å². The molecule has 30 heavy (non-hydrogen) atoms. The zero-order chi connectivity index (χ0) is 21.5. The fourth-order valence-corrected chi connectivity index (χ4v) is 4.74. The minimum atomic E-state index is -3.81. The highest BCUT2D eigenvalue weighted by atomic mass is 32.2. The van der Waals surface area contributed by atoms with E-state index in [4.69, 9.17) is 0 Å². The first-order chi connectivity index (χ1) is 14.2. The maximum atomic E-state index is 13.4. The van der Waals surface area contributed by atoms with E-state index in [-0.39, 0.29) is 22.6 Å². The fraction of sp³-hybridized carbons (Fsp3) is 0.333. The van der Waals surface area contributed by atoms with Gasteiger partial charge in [-0.15, -0.1) is 4.40 Å². The molecule has 0 spiro atoms. The largest absolute Gasteiger partial charge is 0.362 e. The minimum Gasteiger partial charge on any atom is -0.362 e. The second-order valence-electron chi connectivity index (χ2n) is 7.64. The molecule has 1 amide bonds. The molecule has 2 aromatic carbocycles. The lowest BCUT2D eigenvalue weighted by Gasteiger charge is -2.11. The molecule has 2 atom stereocenters. The van der Waals surface area contributed by atoms with Crippen LogP contribution in [0, 0.1) is 17.6 Å². The Hall–Kier alpha value is -2.81. The number of benzene rings is 2. The Morgan fingerprint density at radius 3 is 2.50 bits per heavy atom. The zero-order valence-corrected chi connectivity index (χ0v) is 17.1. The minimum absolute atomic E-state index is 0.0550. The predicted octanol–water partition coefficient (Wildman–Crippen LogP) is 3.52. The number of likely N-dealkylation sites (tertiary alicyclic amines) is 1. The molecule has 2 aromatic rings. The molecule has 2 fully saturated rings. The SMILES string of the molecule is CN1CCC/C1=N\S(=O)(=O)c1ccc(NC(=O)C2CC2c2ccc(F)c(F)c2)cc1. The average Bonchev–Trinajstić information content (AvgIpc) is 3.42. The molecule has 1 N–H and O–H groups in total. The number of rotatable bonds is 5. The van der Waals surface area contributed by atoms with Crippen LogP contribution in [0.1, 0.15) is 30.7 Å². The van der Waals surface area contributed by atoms with Gasteiger partial charge in [-0.1, -0.05) is 6.07 Å². The number of sulfonamides is 1. The predicted molar refractivity (Wildman–Crippen MR) is 109 cm³/mol. The normalized spacial score (nSPS) is 22.4. The number of hydrogen-bond acceptors (Lipinski definition) is 3. The number of anilines is 1. The molecule has 2 unspecified atom stereocenters. The van der Waals surface area contributed by atoms with Crippen LogP contribution in [0.3, 0.4) is 0 Å². The third kappa shape index (κ3) is 4.21. The second kappa shape index (κ2) is 7.79. The van der Waals surface area contributed by atoms with Gasteiger partial charge in [0, 0.05) is 31.6 Å². The molecule has 4 rings (SSSR count). The lowest BCUT2D eigenvalue weighted by molar-refractivity contribution is -0.117. The van der Waals surface area contributed by atoms with Gasteiger partial charge in [0.2, 0.25) is 5.91 Å². The summed E-state index contributed by atoms with van der Waals surface area (Å²) < 4.78 is 55.3. The van der Waals surface area contributed by atoms with Gasteiger partial charge in [-0.3, -0.25) is 4.79 Å². The summed E-state index contributed by atoms with van der Waals surface area (Å²) in [6, 6.07) is 9.50. The van der Waals surface area contributed by atoms with Crippen LogP contribution >= 0.6 is 0 Å². The van der Waals surface area contributed by atoms with Crippen LogP contribution in [0.4, 0.5) is 14.5 Å². The second-order valence-corrected chi connectivity index (χ2v) is 9.25. The molecule has 1 saturated heterocycles. The molecule has 2 aliphatic rings.